The van der Waals surface area contributed by atoms with Crippen LogP contribution in [-0.2, 0) is 10.1 Å². The van der Waals surface area contributed by atoms with Crippen molar-refractivity contribution in [2.45, 2.75) is 58.8 Å². The fourth-order valence-corrected chi connectivity index (χ4v) is 2.40. The van der Waals surface area contributed by atoms with Crippen LogP contribution in [0.15, 0.2) is 0 Å². The molecule has 0 aromatic carbocycles. The maximum absolute atomic E-state index is 9.08. The molecule has 0 aromatic heterocycles. The van der Waals surface area contributed by atoms with Crippen molar-refractivity contribution in [3.63, 3.8) is 0 Å². The molecule has 0 unspecified atom stereocenters. The van der Waals surface area contributed by atoms with E-state index in [0.29, 0.717) is 6.26 Å². The molecule has 1 fully saturated rings. The normalized spacial score (nSPS) is 23.6. The first kappa shape index (κ1) is 18.9. The smallest absolute Gasteiger partial charge is 0.0916 e. The number of likely N-dealkylation sites (tertiary alicyclic amines) is 1. The van der Waals surface area contributed by atoms with Gasteiger partial charge in [0.15, 0.2) is 0 Å². The minimum atomic E-state index is -3.92. The Morgan fingerprint density at radius 2 is 1.58 bits per heavy atom. The molecule has 19 heavy (non-hydrogen) atoms. The van der Waals surface area contributed by atoms with Crippen LogP contribution < -0.4 is 4.90 Å². The standard InChI is InChI=1S/C13H27N.CH4O3S/c1-3-4-5-6-7-10-14-11-8-13(2)9-12-14;1-5(2,3)4/h13H,3-12H2,1-2H3;1H3,(H,2,3,4). The Kier molecular flexibility index (Phi) is 10.6. The van der Waals surface area contributed by atoms with E-state index in [9.17, 15) is 0 Å². The number of piperidine rings is 1. The second kappa shape index (κ2) is 10.6. The minimum Gasteiger partial charge on any atom is -0.748 e. The Morgan fingerprint density at radius 3 is 2.05 bits per heavy atom. The zero-order chi connectivity index (χ0) is 14.7. The summed E-state index contributed by atoms with van der Waals surface area (Å²) in [5.41, 5.74) is 0. The second-order valence-corrected chi connectivity index (χ2v) is 7.21. The predicted octanol–water partition coefficient (Wildman–Crippen LogP) is 1.43. The Hall–Kier alpha value is -0.130. The van der Waals surface area contributed by atoms with Gasteiger partial charge in [-0.05, 0) is 31.6 Å². The average molecular weight is 293 g/mol. The Labute approximate surface area is 119 Å². The predicted molar refractivity (Wildman–Crippen MR) is 78.3 cm³/mol. The van der Waals surface area contributed by atoms with Crippen LogP contribution in [0.3, 0.4) is 0 Å². The molecule has 0 radical (unpaired) electrons. The lowest BCUT2D eigenvalue weighted by Crippen LogP contribution is -3.13. The van der Waals surface area contributed by atoms with Gasteiger partial charge < -0.3 is 9.45 Å². The fraction of sp³-hybridized carbons (Fsp3) is 1.00. The number of rotatable bonds is 6. The molecule has 0 spiro atoms. The van der Waals surface area contributed by atoms with Crippen LogP contribution >= 0.6 is 0 Å². The van der Waals surface area contributed by atoms with Crippen LogP contribution in [-0.4, -0.2) is 38.9 Å². The summed E-state index contributed by atoms with van der Waals surface area (Å²) < 4.78 is 27.2. The molecular weight excluding hydrogens is 262 g/mol. The number of nitrogens with one attached hydrogen (secondary N) is 1. The van der Waals surface area contributed by atoms with Gasteiger partial charge in [0.25, 0.3) is 0 Å². The molecule has 1 saturated heterocycles. The zero-order valence-electron chi connectivity index (χ0n) is 12.8. The van der Waals surface area contributed by atoms with Crippen molar-refractivity contribution in [3.05, 3.63) is 0 Å². The van der Waals surface area contributed by atoms with Crippen molar-refractivity contribution in [3.8, 4) is 0 Å². The second-order valence-electron chi connectivity index (χ2n) is 5.80. The molecule has 0 amide bonds. The maximum Gasteiger partial charge on any atom is 0.0916 e. The third kappa shape index (κ3) is 15.8. The fourth-order valence-electron chi connectivity index (χ4n) is 2.40. The number of quaternary nitrogens is 1. The van der Waals surface area contributed by atoms with E-state index in [1.807, 2.05) is 4.90 Å². The van der Waals surface area contributed by atoms with Crippen molar-refractivity contribution in [1.29, 1.82) is 0 Å². The highest BCUT2D eigenvalue weighted by molar-refractivity contribution is 7.84. The molecule has 0 bridgehead atoms. The highest BCUT2D eigenvalue weighted by Crippen LogP contribution is 2.07. The van der Waals surface area contributed by atoms with E-state index in [1.165, 1.54) is 64.6 Å². The molecule has 1 aliphatic heterocycles. The van der Waals surface area contributed by atoms with Crippen molar-refractivity contribution in [2.24, 2.45) is 5.92 Å². The molecule has 0 aliphatic carbocycles. The summed E-state index contributed by atoms with van der Waals surface area (Å²) >= 11 is 0. The third-order valence-electron chi connectivity index (χ3n) is 3.62. The van der Waals surface area contributed by atoms with Crippen LogP contribution in [0.1, 0.15) is 58.8 Å². The number of hydrogen-bond donors (Lipinski definition) is 1. The number of hydrogen-bond acceptors (Lipinski definition) is 3. The molecule has 1 rings (SSSR count). The van der Waals surface area contributed by atoms with Crippen LogP contribution in [0.5, 0.6) is 0 Å². The van der Waals surface area contributed by atoms with Crippen molar-refractivity contribution < 1.29 is 17.9 Å². The monoisotopic (exact) mass is 293 g/mol. The molecular formula is C14H31NO3S. The molecule has 1 N–H and O–H groups in total. The molecule has 0 aromatic rings. The highest BCUT2D eigenvalue weighted by atomic mass is 32.2. The minimum absolute atomic E-state index is 0.604. The zero-order valence-corrected chi connectivity index (χ0v) is 13.6. The molecule has 1 heterocycles. The first-order valence-electron chi connectivity index (χ1n) is 7.57. The molecule has 1 aliphatic rings. The van der Waals surface area contributed by atoms with Gasteiger partial charge in [0.05, 0.1) is 29.8 Å². The first-order valence-corrected chi connectivity index (χ1v) is 9.39. The summed E-state index contributed by atoms with van der Waals surface area (Å²) in [6, 6.07) is 0. The quantitative estimate of drug-likeness (QED) is 0.595. The van der Waals surface area contributed by atoms with Gasteiger partial charge in [0.2, 0.25) is 0 Å². The summed E-state index contributed by atoms with van der Waals surface area (Å²) in [6.45, 7) is 9.01. The van der Waals surface area contributed by atoms with Gasteiger partial charge in [-0.1, -0.05) is 33.1 Å². The molecule has 116 valence electrons. The van der Waals surface area contributed by atoms with Gasteiger partial charge in [-0.15, -0.1) is 0 Å². The van der Waals surface area contributed by atoms with E-state index in [0.717, 1.165) is 5.92 Å². The summed E-state index contributed by atoms with van der Waals surface area (Å²) in [6.07, 6.45) is 10.7. The Bertz CT molecular complexity index is 288. The van der Waals surface area contributed by atoms with Gasteiger partial charge in [-0.25, -0.2) is 8.42 Å². The summed E-state index contributed by atoms with van der Waals surface area (Å²) in [5.74, 6) is 0.999. The van der Waals surface area contributed by atoms with Gasteiger partial charge >= 0.3 is 0 Å². The SMILES string of the molecule is CCCCCCC[NH+]1CCC(C)CC1.CS(=O)(=O)[O-]. The van der Waals surface area contributed by atoms with E-state index < -0.39 is 10.1 Å². The van der Waals surface area contributed by atoms with E-state index >= 15 is 0 Å². The molecule has 0 atom stereocenters. The average Bonchev–Trinajstić information content (AvgIpc) is 2.29. The van der Waals surface area contributed by atoms with Crippen LogP contribution in [0.4, 0.5) is 0 Å². The molecule has 0 saturated carbocycles. The van der Waals surface area contributed by atoms with Crippen molar-refractivity contribution in [1.82, 2.24) is 0 Å². The topological polar surface area (TPSA) is 61.6 Å². The summed E-state index contributed by atoms with van der Waals surface area (Å²) in [7, 11) is -3.92. The lowest BCUT2D eigenvalue weighted by atomic mass is 9.99. The van der Waals surface area contributed by atoms with Crippen LogP contribution in [0, 0.1) is 5.92 Å². The van der Waals surface area contributed by atoms with E-state index in [2.05, 4.69) is 13.8 Å². The lowest BCUT2D eigenvalue weighted by Gasteiger charge is -2.27. The van der Waals surface area contributed by atoms with Crippen molar-refractivity contribution >= 4 is 10.1 Å². The highest BCUT2D eigenvalue weighted by Gasteiger charge is 2.17. The Morgan fingerprint density at radius 1 is 1.11 bits per heavy atom. The molecule has 5 heteroatoms. The molecule has 4 nitrogen and oxygen atoms in total. The van der Waals surface area contributed by atoms with Crippen LogP contribution in [0.25, 0.3) is 0 Å². The maximum atomic E-state index is 9.08. The van der Waals surface area contributed by atoms with Gasteiger partial charge in [0.1, 0.15) is 0 Å². The van der Waals surface area contributed by atoms with Crippen molar-refractivity contribution in [2.75, 3.05) is 25.9 Å². The first-order chi connectivity index (χ1) is 8.83. The van der Waals surface area contributed by atoms with E-state index in [1.54, 1.807) is 0 Å². The lowest BCUT2D eigenvalue weighted by molar-refractivity contribution is -0.906. The van der Waals surface area contributed by atoms with Crippen LogP contribution in [0.2, 0.25) is 0 Å². The summed E-state index contributed by atoms with van der Waals surface area (Å²) in [5, 5.41) is 0. The largest absolute Gasteiger partial charge is 0.748 e. The Balaban J connectivity index is 0.000000555. The van der Waals surface area contributed by atoms with Gasteiger partial charge in [-0.3, -0.25) is 0 Å². The van der Waals surface area contributed by atoms with Gasteiger partial charge in [-0.2, -0.15) is 0 Å². The van der Waals surface area contributed by atoms with Gasteiger partial charge in [0, 0.05) is 6.26 Å². The summed E-state index contributed by atoms with van der Waals surface area (Å²) in [4.78, 5) is 1.87. The number of unbranched alkanes of at least 4 members (excludes halogenated alkanes) is 4. The van der Waals surface area contributed by atoms with E-state index in [4.69, 9.17) is 13.0 Å². The van der Waals surface area contributed by atoms with E-state index in [-0.39, 0.29) is 0 Å². The third-order valence-corrected chi connectivity index (χ3v) is 3.62.